The van der Waals surface area contributed by atoms with E-state index >= 15 is 0 Å². The van der Waals surface area contributed by atoms with Crippen LogP contribution in [-0.4, -0.2) is 46.8 Å². The molecular weight excluding hydrogens is 411 g/mol. The van der Waals surface area contributed by atoms with Crippen LogP contribution in [0.2, 0.25) is 0 Å². The minimum atomic E-state index is -4.37. The molecule has 0 aliphatic carbocycles. The summed E-state index contributed by atoms with van der Waals surface area (Å²) < 4.78 is 45.6. The molecule has 166 valence electrons. The highest BCUT2D eigenvalue weighted by molar-refractivity contribution is 5.73. The van der Waals surface area contributed by atoms with Crippen LogP contribution in [0.3, 0.4) is 0 Å². The predicted molar refractivity (Wildman–Crippen MR) is 111 cm³/mol. The summed E-state index contributed by atoms with van der Waals surface area (Å²) in [6.07, 6.45) is -5.16. The van der Waals surface area contributed by atoms with Crippen LogP contribution in [0, 0.1) is 0 Å². The van der Waals surface area contributed by atoms with Crippen LogP contribution in [0.1, 0.15) is 24.2 Å². The molecule has 2 heterocycles. The molecule has 2 atom stereocenters. The molecule has 0 unspecified atom stereocenters. The van der Waals surface area contributed by atoms with Gasteiger partial charge in [-0.2, -0.15) is 13.2 Å². The van der Waals surface area contributed by atoms with Crippen molar-refractivity contribution in [3.05, 3.63) is 64.1 Å². The first-order valence-electron chi connectivity index (χ1n) is 10.1. The zero-order valence-electron chi connectivity index (χ0n) is 17.3. The van der Waals surface area contributed by atoms with E-state index in [1.807, 2.05) is 11.8 Å². The molecule has 6 nitrogen and oxygen atoms in total. The van der Waals surface area contributed by atoms with Gasteiger partial charge in [-0.1, -0.05) is 12.1 Å². The number of hydrogen-bond acceptors (Lipinski definition) is 5. The lowest BCUT2D eigenvalue weighted by Crippen LogP contribution is -2.51. The van der Waals surface area contributed by atoms with E-state index in [4.69, 9.17) is 4.42 Å². The molecular formula is C22H24F3N3O3. The van der Waals surface area contributed by atoms with Gasteiger partial charge in [-0.15, -0.1) is 0 Å². The van der Waals surface area contributed by atoms with Gasteiger partial charge >= 0.3 is 11.9 Å². The number of aliphatic hydroxyl groups excluding tert-OH is 1. The zero-order chi connectivity index (χ0) is 22.3. The Balaban J connectivity index is 1.43. The normalized spacial score (nSPS) is 17.8. The molecule has 4 rings (SSSR count). The fraction of sp³-hybridized carbons (Fsp3) is 0.409. The van der Waals surface area contributed by atoms with E-state index in [1.54, 1.807) is 31.3 Å². The van der Waals surface area contributed by atoms with Gasteiger partial charge in [0, 0.05) is 45.0 Å². The quantitative estimate of drug-likeness (QED) is 0.681. The van der Waals surface area contributed by atoms with Crippen molar-refractivity contribution in [2.75, 3.05) is 31.1 Å². The Morgan fingerprint density at radius 1 is 1.06 bits per heavy atom. The minimum Gasteiger partial charge on any atom is -0.408 e. The summed E-state index contributed by atoms with van der Waals surface area (Å²) in [5.74, 6) is -0.458. The Hall–Kier alpha value is -2.78. The molecule has 3 aromatic rings. The van der Waals surface area contributed by atoms with Crippen molar-refractivity contribution in [1.82, 2.24) is 9.47 Å². The fourth-order valence-electron chi connectivity index (χ4n) is 4.08. The van der Waals surface area contributed by atoms with E-state index < -0.39 is 23.6 Å². The van der Waals surface area contributed by atoms with Crippen LogP contribution in [0.4, 0.5) is 18.9 Å². The second-order valence-corrected chi connectivity index (χ2v) is 7.91. The molecule has 1 aliphatic heterocycles. The Labute approximate surface area is 177 Å². The number of aryl methyl sites for hydroxylation is 1. The Morgan fingerprint density at radius 3 is 2.45 bits per heavy atom. The third-order valence-electron chi connectivity index (χ3n) is 6.04. The number of piperazine rings is 1. The minimum absolute atomic E-state index is 0.212. The lowest BCUT2D eigenvalue weighted by molar-refractivity contribution is -0.137. The topological polar surface area (TPSA) is 61.9 Å². The van der Waals surface area contributed by atoms with Crippen molar-refractivity contribution < 1.29 is 22.7 Å². The number of aliphatic hydroxyl groups is 1. The highest BCUT2D eigenvalue weighted by atomic mass is 19.4. The van der Waals surface area contributed by atoms with Gasteiger partial charge in [-0.3, -0.25) is 9.47 Å². The second-order valence-electron chi connectivity index (χ2n) is 7.91. The Morgan fingerprint density at radius 2 is 1.77 bits per heavy atom. The highest BCUT2D eigenvalue weighted by Crippen LogP contribution is 2.32. The summed E-state index contributed by atoms with van der Waals surface area (Å²) >= 11 is 0. The van der Waals surface area contributed by atoms with Gasteiger partial charge in [0.15, 0.2) is 5.58 Å². The number of halogens is 3. The van der Waals surface area contributed by atoms with Gasteiger partial charge in [0.05, 0.1) is 17.2 Å². The number of aromatic nitrogens is 1. The van der Waals surface area contributed by atoms with Gasteiger partial charge in [-0.25, -0.2) is 4.79 Å². The van der Waals surface area contributed by atoms with Crippen molar-refractivity contribution >= 4 is 16.8 Å². The smallest absolute Gasteiger partial charge is 0.408 e. The molecule has 1 N–H and O–H groups in total. The monoisotopic (exact) mass is 435 g/mol. The van der Waals surface area contributed by atoms with E-state index in [0.717, 1.165) is 6.07 Å². The SMILES string of the molecule is C[C@H]([C@H](O)c1ccc2c(c1)oc(=O)n2C)N1CCN(c2cccc(C(F)(F)F)c2)CC1. The van der Waals surface area contributed by atoms with Crippen molar-refractivity contribution in [2.45, 2.75) is 25.2 Å². The highest BCUT2D eigenvalue weighted by Gasteiger charge is 2.32. The second kappa shape index (κ2) is 8.05. The van der Waals surface area contributed by atoms with E-state index in [2.05, 4.69) is 4.90 Å². The predicted octanol–water partition coefficient (Wildman–Crippen LogP) is 3.39. The molecule has 9 heteroatoms. The largest absolute Gasteiger partial charge is 0.419 e. The van der Waals surface area contributed by atoms with Crippen molar-refractivity contribution in [1.29, 1.82) is 0 Å². The first kappa shape index (κ1) is 21.5. The fourth-order valence-corrected chi connectivity index (χ4v) is 4.08. The van der Waals surface area contributed by atoms with Crippen LogP contribution in [0.15, 0.2) is 51.7 Å². The van der Waals surface area contributed by atoms with Crippen LogP contribution in [0.25, 0.3) is 11.1 Å². The Bertz CT molecular complexity index is 1130. The molecule has 0 spiro atoms. The number of alkyl halides is 3. The van der Waals surface area contributed by atoms with Gasteiger partial charge < -0.3 is 14.4 Å². The maximum absolute atomic E-state index is 13.0. The molecule has 0 amide bonds. The molecule has 0 bridgehead atoms. The molecule has 0 radical (unpaired) electrons. The van der Waals surface area contributed by atoms with Crippen LogP contribution >= 0.6 is 0 Å². The number of anilines is 1. The maximum Gasteiger partial charge on any atom is 0.419 e. The number of benzene rings is 2. The van der Waals surface area contributed by atoms with Gasteiger partial charge in [0.2, 0.25) is 0 Å². The summed E-state index contributed by atoms with van der Waals surface area (Å²) in [6, 6.07) is 10.4. The van der Waals surface area contributed by atoms with Crippen LogP contribution in [-0.2, 0) is 13.2 Å². The Kier molecular flexibility index (Phi) is 5.57. The van der Waals surface area contributed by atoms with Gasteiger partial charge in [0.1, 0.15) is 0 Å². The first-order valence-corrected chi connectivity index (χ1v) is 10.1. The summed E-state index contributed by atoms with van der Waals surface area (Å²) in [7, 11) is 1.62. The average molecular weight is 435 g/mol. The molecule has 0 saturated carbocycles. The molecule has 2 aromatic carbocycles. The molecule has 1 aliphatic rings. The van der Waals surface area contributed by atoms with E-state index in [0.29, 0.717) is 48.5 Å². The van der Waals surface area contributed by atoms with E-state index in [9.17, 15) is 23.1 Å². The number of rotatable bonds is 4. The number of hydrogen-bond donors (Lipinski definition) is 1. The summed E-state index contributed by atoms with van der Waals surface area (Å²) in [4.78, 5) is 15.7. The molecule has 31 heavy (non-hydrogen) atoms. The lowest BCUT2D eigenvalue weighted by atomic mass is 10.0. The third-order valence-corrected chi connectivity index (χ3v) is 6.04. The first-order chi connectivity index (χ1) is 14.6. The maximum atomic E-state index is 13.0. The zero-order valence-corrected chi connectivity index (χ0v) is 17.3. The van der Waals surface area contributed by atoms with Crippen molar-refractivity contribution in [3.63, 3.8) is 0 Å². The molecule has 1 aromatic heterocycles. The van der Waals surface area contributed by atoms with Crippen molar-refractivity contribution in [2.24, 2.45) is 7.05 Å². The molecule has 1 fully saturated rings. The van der Waals surface area contributed by atoms with E-state index in [1.165, 1.54) is 16.7 Å². The third kappa shape index (κ3) is 4.20. The molecule has 1 saturated heterocycles. The summed E-state index contributed by atoms with van der Waals surface area (Å²) in [5.41, 5.74) is 1.62. The van der Waals surface area contributed by atoms with Crippen LogP contribution < -0.4 is 10.7 Å². The number of oxazole rings is 1. The van der Waals surface area contributed by atoms with Crippen molar-refractivity contribution in [3.8, 4) is 0 Å². The van der Waals surface area contributed by atoms with E-state index in [-0.39, 0.29) is 6.04 Å². The number of nitrogens with zero attached hydrogens (tertiary/aromatic N) is 3. The van der Waals surface area contributed by atoms with Gasteiger partial charge in [-0.05, 0) is 42.8 Å². The van der Waals surface area contributed by atoms with Crippen LogP contribution in [0.5, 0.6) is 0 Å². The summed E-state index contributed by atoms with van der Waals surface area (Å²) in [5, 5.41) is 10.9. The standard InChI is InChI=1S/C22H24F3N3O3/c1-14(20(29)15-6-7-18-19(12-15)31-21(30)26(18)2)27-8-10-28(11-9-27)17-5-3-4-16(13-17)22(23,24)25/h3-7,12-14,20,29H,8-11H2,1-2H3/t14-,20+/m1/s1. The number of fused-ring (bicyclic) bond motifs is 1. The van der Waals surface area contributed by atoms with Gasteiger partial charge in [0.25, 0.3) is 0 Å². The summed E-state index contributed by atoms with van der Waals surface area (Å²) in [6.45, 7) is 4.25. The lowest BCUT2D eigenvalue weighted by Gasteiger charge is -2.40. The average Bonchev–Trinajstić information content (AvgIpc) is 3.05.